The minimum absolute atomic E-state index is 0. The SMILES string of the molecule is Cl.Cl.O=c1cc(CN2CC[C@H]3NCCC[C@]3(CO)C2)[nH]c2ccc(F)cc12. The number of aliphatic hydroxyl groups is 1. The number of aromatic nitrogens is 1. The Morgan fingerprint density at radius 2 is 2.11 bits per heavy atom. The van der Waals surface area contributed by atoms with Crippen molar-refractivity contribution < 1.29 is 9.50 Å². The van der Waals surface area contributed by atoms with Crippen molar-refractivity contribution in [1.29, 1.82) is 0 Å². The maximum atomic E-state index is 13.3. The average molecular weight is 418 g/mol. The molecule has 0 saturated carbocycles. The molecule has 1 aromatic heterocycles. The van der Waals surface area contributed by atoms with Gasteiger partial charge in [0.2, 0.25) is 0 Å². The van der Waals surface area contributed by atoms with Crippen molar-refractivity contribution in [2.24, 2.45) is 5.41 Å². The van der Waals surface area contributed by atoms with Crippen LogP contribution in [0, 0.1) is 11.2 Å². The number of nitrogens with zero attached hydrogens (tertiary/aromatic N) is 1. The van der Waals surface area contributed by atoms with E-state index in [4.69, 9.17) is 0 Å². The molecule has 3 heterocycles. The van der Waals surface area contributed by atoms with E-state index in [-0.39, 0.29) is 42.3 Å². The molecule has 0 aliphatic carbocycles. The summed E-state index contributed by atoms with van der Waals surface area (Å²) in [4.78, 5) is 17.8. The minimum atomic E-state index is -0.400. The van der Waals surface area contributed by atoms with E-state index in [0.29, 0.717) is 23.5 Å². The zero-order chi connectivity index (χ0) is 17.4. The van der Waals surface area contributed by atoms with Crippen LogP contribution in [0.15, 0.2) is 29.1 Å². The summed E-state index contributed by atoms with van der Waals surface area (Å²) >= 11 is 0. The molecule has 8 heteroatoms. The Hall–Kier alpha value is -1.18. The quantitative estimate of drug-likeness (QED) is 0.717. The lowest BCUT2D eigenvalue weighted by atomic mass is 9.71. The predicted octanol–water partition coefficient (Wildman–Crippen LogP) is 2.45. The summed E-state index contributed by atoms with van der Waals surface area (Å²) in [5.41, 5.74) is 1.25. The second kappa shape index (κ2) is 8.88. The smallest absolute Gasteiger partial charge is 0.189 e. The molecule has 0 bridgehead atoms. The first-order valence-corrected chi connectivity index (χ1v) is 8.98. The van der Waals surface area contributed by atoms with Crippen molar-refractivity contribution in [3.8, 4) is 0 Å². The molecule has 0 unspecified atom stereocenters. The number of piperidine rings is 2. The molecule has 0 amide bonds. The molecule has 2 aliphatic heterocycles. The van der Waals surface area contributed by atoms with Gasteiger partial charge in [0.1, 0.15) is 5.82 Å². The van der Waals surface area contributed by atoms with Crippen LogP contribution >= 0.6 is 24.8 Å². The fourth-order valence-electron chi connectivity index (χ4n) is 4.52. The van der Waals surface area contributed by atoms with Crippen molar-refractivity contribution in [3.63, 3.8) is 0 Å². The number of likely N-dealkylation sites (tertiary alicyclic amines) is 1. The summed E-state index contributed by atoms with van der Waals surface area (Å²) in [7, 11) is 0. The second-order valence-corrected chi connectivity index (χ2v) is 7.48. The first-order valence-electron chi connectivity index (χ1n) is 8.98. The van der Waals surface area contributed by atoms with Gasteiger partial charge in [-0.3, -0.25) is 9.69 Å². The number of benzene rings is 1. The number of aromatic amines is 1. The molecule has 2 fully saturated rings. The van der Waals surface area contributed by atoms with Gasteiger partial charge in [-0.25, -0.2) is 4.39 Å². The molecule has 0 spiro atoms. The molecular weight excluding hydrogens is 392 g/mol. The van der Waals surface area contributed by atoms with Crippen LogP contribution in [0.2, 0.25) is 0 Å². The van der Waals surface area contributed by atoms with Gasteiger partial charge in [0.05, 0.1) is 6.61 Å². The first kappa shape index (κ1) is 22.1. The van der Waals surface area contributed by atoms with Crippen LogP contribution in [0.4, 0.5) is 4.39 Å². The third kappa shape index (κ3) is 4.30. The van der Waals surface area contributed by atoms with Crippen LogP contribution in [0.1, 0.15) is 25.0 Å². The van der Waals surface area contributed by atoms with Crippen LogP contribution in [-0.4, -0.2) is 47.3 Å². The zero-order valence-corrected chi connectivity index (χ0v) is 16.7. The zero-order valence-electron chi connectivity index (χ0n) is 15.0. The van der Waals surface area contributed by atoms with E-state index in [1.54, 1.807) is 12.1 Å². The molecule has 0 radical (unpaired) electrons. The standard InChI is InChI=1S/C19H24FN3O2.2ClH/c20-13-2-3-16-15(8-13)17(25)9-14(22-16)10-23-7-4-18-19(11-23,12-24)5-1-6-21-18;;/h2-3,8-9,18,21,24H,1,4-7,10-12H2,(H,22,25);2*1H/t18-,19-;;/m1../s1. The largest absolute Gasteiger partial charge is 0.396 e. The summed E-state index contributed by atoms with van der Waals surface area (Å²) < 4.78 is 13.3. The van der Waals surface area contributed by atoms with Crippen LogP contribution in [0.5, 0.6) is 0 Å². The maximum Gasteiger partial charge on any atom is 0.189 e. The highest BCUT2D eigenvalue weighted by molar-refractivity contribution is 5.85. The summed E-state index contributed by atoms with van der Waals surface area (Å²) in [5, 5.41) is 13.9. The first-order chi connectivity index (χ1) is 12.1. The van der Waals surface area contributed by atoms with Gasteiger partial charge in [0, 0.05) is 53.8 Å². The van der Waals surface area contributed by atoms with Gasteiger partial charge in [0.25, 0.3) is 0 Å². The van der Waals surface area contributed by atoms with Crippen LogP contribution in [0.25, 0.3) is 10.9 Å². The van der Waals surface area contributed by atoms with E-state index in [0.717, 1.165) is 44.6 Å². The van der Waals surface area contributed by atoms with Gasteiger partial charge < -0.3 is 15.4 Å². The van der Waals surface area contributed by atoms with Crippen LogP contribution < -0.4 is 10.7 Å². The van der Waals surface area contributed by atoms with Crippen molar-refractivity contribution in [2.45, 2.75) is 31.8 Å². The number of halogens is 3. The number of nitrogens with one attached hydrogen (secondary N) is 2. The van der Waals surface area contributed by atoms with Crippen molar-refractivity contribution in [1.82, 2.24) is 15.2 Å². The Morgan fingerprint density at radius 3 is 2.89 bits per heavy atom. The molecule has 3 N–H and O–H groups in total. The molecule has 5 nitrogen and oxygen atoms in total. The van der Waals surface area contributed by atoms with Gasteiger partial charge in [-0.05, 0) is 44.0 Å². The Kier molecular flexibility index (Phi) is 7.27. The average Bonchev–Trinajstić information content (AvgIpc) is 2.62. The highest BCUT2D eigenvalue weighted by atomic mass is 35.5. The van der Waals surface area contributed by atoms with Crippen molar-refractivity contribution in [2.75, 3.05) is 26.2 Å². The maximum absolute atomic E-state index is 13.3. The molecule has 2 atom stereocenters. The molecule has 2 aromatic rings. The van der Waals surface area contributed by atoms with E-state index in [9.17, 15) is 14.3 Å². The lowest BCUT2D eigenvalue weighted by Crippen LogP contribution is -2.61. The van der Waals surface area contributed by atoms with Gasteiger partial charge in [-0.15, -0.1) is 24.8 Å². The number of hydrogen-bond acceptors (Lipinski definition) is 4. The molecule has 4 rings (SSSR count). The highest BCUT2D eigenvalue weighted by Crippen LogP contribution is 2.37. The fraction of sp³-hybridized carbons (Fsp3) is 0.526. The summed E-state index contributed by atoms with van der Waals surface area (Å²) in [5.74, 6) is -0.400. The van der Waals surface area contributed by atoms with Gasteiger partial charge in [-0.1, -0.05) is 0 Å². The third-order valence-electron chi connectivity index (χ3n) is 5.81. The lowest BCUT2D eigenvalue weighted by Gasteiger charge is -2.50. The highest BCUT2D eigenvalue weighted by Gasteiger charge is 2.44. The van der Waals surface area contributed by atoms with Gasteiger partial charge in [0.15, 0.2) is 5.43 Å². The number of hydrogen-bond donors (Lipinski definition) is 3. The number of pyridine rings is 1. The third-order valence-corrected chi connectivity index (χ3v) is 5.81. The Morgan fingerprint density at radius 1 is 1.30 bits per heavy atom. The van der Waals surface area contributed by atoms with E-state index in [1.165, 1.54) is 12.1 Å². The Bertz CT molecular complexity index is 847. The monoisotopic (exact) mass is 417 g/mol. The Balaban J connectivity index is 0.00000131. The predicted molar refractivity (Wildman–Crippen MR) is 109 cm³/mol. The molecule has 1 aromatic carbocycles. The van der Waals surface area contributed by atoms with Crippen LogP contribution in [-0.2, 0) is 6.54 Å². The molecular formula is C19H26Cl2FN3O2. The molecule has 150 valence electrons. The molecule has 2 saturated heterocycles. The fourth-order valence-corrected chi connectivity index (χ4v) is 4.52. The number of H-pyrrole nitrogens is 1. The Labute approximate surface area is 170 Å². The minimum Gasteiger partial charge on any atom is -0.396 e. The lowest BCUT2D eigenvalue weighted by molar-refractivity contribution is -0.0226. The normalized spacial score (nSPS) is 25.3. The topological polar surface area (TPSA) is 68.4 Å². The molecule has 2 aliphatic rings. The summed E-state index contributed by atoms with van der Waals surface area (Å²) in [6.45, 7) is 3.61. The van der Waals surface area contributed by atoms with Gasteiger partial charge in [-0.2, -0.15) is 0 Å². The van der Waals surface area contributed by atoms with Crippen LogP contribution in [0.3, 0.4) is 0 Å². The van der Waals surface area contributed by atoms with E-state index < -0.39 is 5.82 Å². The van der Waals surface area contributed by atoms with E-state index in [1.807, 2.05) is 0 Å². The summed E-state index contributed by atoms with van der Waals surface area (Å²) in [6, 6.07) is 6.20. The van der Waals surface area contributed by atoms with Gasteiger partial charge >= 0.3 is 0 Å². The van der Waals surface area contributed by atoms with Crippen molar-refractivity contribution >= 4 is 35.7 Å². The number of rotatable bonds is 3. The van der Waals surface area contributed by atoms with Crippen molar-refractivity contribution in [3.05, 3.63) is 46.0 Å². The second-order valence-electron chi connectivity index (χ2n) is 7.48. The number of fused-ring (bicyclic) bond motifs is 2. The van der Waals surface area contributed by atoms with E-state index >= 15 is 0 Å². The summed E-state index contributed by atoms with van der Waals surface area (Å²) in [6.07, 6.45) is 3.12. The molecule has 27 heavy (non-hydrogen) atoms. The number of aliphatic hydroxyl groups excluding tert-OH is 1. The van der Waals surface area contributed by atoms with E-state index in [2.05, 4.69) is 15.2 Å².